The van der Waals surface area contributed by atoms with Crippen LogP contribution in [0.1, 0.15) is 50.8 Å². The van der Waals surface area contributed by atoms with Crippen molar-refractivity contribution in [1.29, 1.82) is 0 Å². The number of aromatic nitrogens is 2. The standard InChI is InChI=1S/C34H35Cl2F2N3O8S/c1-34(2,3)49-33(43)41(50(4,44)45)27-7-5-6-26-22(27)12-13-40(26)18-31(42)47-29(15-23-24(35)16-39-17-25(23)36)21-10-11-28(48-32(37)38)30(14-21)46-19-20-8-9-20/h5-7,10-14,16-17,20,29,32H,8-9,15,18-19H2,1-4H3. The van der Waals surface area contributed by atoms with Crippen molar-refractivity contribution in [3.8, 4) is 11.5 Å². The summed E-state index contributed by atoms with van der Waals surface area (Å²) in [5, 5.41) is 0.812. The van der Waals surface area contributed by atoms with Crippen molar-refractivity contribution >= 4 is 61.9 Å². The lowest BCUT2D eigenvalue weighted by Gasteiger charge is -2.26. The zero-order valence-electron chi connectivity index (χ0n) is 27.6. The number of anilines is 1. The number of fused-ring (bicyclic) bond motifs is 1. The molecule has 1 atom stereocenters. The van der Waals surface area contributed by atoms with Crippen LogP contribution in [0.4, 0.5) is 19.3 Å². The minimum absolute atomic E-state index is 0.00117. The number of halogens is 4. The van der Waals surface area contributed by atoms with E-state index in [0.29, 0.717) is 38.9 Å². The Morgan fingerprint density at radius 2 is 1.76 bits per heavy atom. The van der Waals surface area contributed by atoms with Crippen LogP contribution in [0.2, 0.25) is 10.0 Å². The Bertz CT molecular complexity index is 1980. The van der Waals surface area contributed by atoms with Gasteiger partial charge in [-0.3, -0.25) is 9.78 Å². The molecule has 1 amide bonds. The number of carbonyl (C=O) groups excluding carboxylic acids is 2. The maximum absolute atomic E-state index is 13.6. The lowest BCUT2D eigenvalue weighted by molar-refractivity contribution is -0.150. The van der Waals surface area contributed by atoms with Gasteiger partial charge in [-0.25, -0.2) is 13.2 Å². The van der Waals surface area contributed by atoms with Gasteiger partial charge in [0.15, 0.2) is 11.5 Å². The molecule has 1 aliphatic carbocycles. The Morgan fingerprint density at radius 1 is 1.06 bits per heavy atom. The van der Waals surface area contributed by atoms with E-state index in [1.807, 2.05) is 0 Å². The second-order valence-corrected chi connectivity index (χ2v) is 15.4. The average Bonchev–Trinajstić information content (AvgIpc) is 3.75. The van der Waals surface area contributed by atoms with Crippen molar-refractivity contribution in [2.24, 2.45) is 5.92 Å². The molecule has 0 saturated heterocycles. The summed E-state index contributed by atoms with van der Waals surface area (Å²) in [5.41, 5.74) is 0.337. The van der Waals surface area contributed by atoms with Crippen LogP contribution in [0.15, 0.2) is 61.1 Å². The van der Waals surface area contributed by atoms with Crippen LogP contribution < -0.4 is 13.8 Å². The highest BCUT2D eigenvalue weighted by molar-refractivity contribution is 7.92. The highest BCUT2D eigenvalue weighted by Gasteiger charge is 2.32. The Kier molecular flexibility index (Phi) is 11.1. The molecule has 4 aromatic rings. The maximum atomic E-state index is 13.6. The molecule has 1 unspecified atom stereocenters. The van der Waals surface area contributed by atoms with E-state index in [-0.39, 0.29) is 40.2 Å². The van der Waals surface area contributed by atoms with E-state index in [0.717, 1.165) is 19.1 Å². The minimum atomic E-state index is -4.13. The van der Waals surface area contributed by atoms with Gasteiger partial charge >= 0.3 is 18.7 Å². The van der Waals surface area contributed by atoms with E-state index in [2.05, 4.69) is 9.72 Å². The molecular formula is C34H35Cl2F2N3O8S. The number of nitrogens with zero attached hydrogens (tertiary/aromatic N) is 3. The van der Waals surface area contributed by atoms with Crippen molar-refractivity contribution in [2.75, 3.05) is 17.2 Å². The first-order chi connectivity index (χ1) is 23.5. The van der Waals surface area contributed by atoms with Crippen molar-refractivity contribution in [2.45, 2.75) is 64.9 Å². The van der Waals surface area contributed by atoms with Crippen LogP contribution in [-0.4, -0.2) is 55.1 Å². The molecule has 0 spiro atoms. The van der Waals surface area contributed by atoms with Crippen molar-refractivity contribution in [3.63, 3.8) is 0 Å². The minimum Gasteiger partial charge on any atom is -0.489 e. The average molecular weight is 755 g/mol. The first-order valence-corrected chi connectivity index (χ1v) is 18.1. The number of carbonyl (C=O) groups is 2. The third kappa shape index (κ3) is 9.34. The molecule has 2 aromatic heterocycles. The van der Waals surface area contributed by atoms with Gasteiger partial charge in [-0.15, -0.1) is 0 Å². The molecule has 0 aliphatic heterocycles. The highest BCUT2D eigenvalue weighted by atomic mass is 35.5. The van der Waals surface area contributed by atoms with E-state index >= 15 is 0 Å². The quantitative estimate of drug-likeness (QED) is 0.125. The molecule has 0 radical (unpaired) electrons. The molecule has 268 valence electrons. The van der Waals surface area contributed by atoms with Gasteiger partial charge in [0, 0.05) is 30.4 Å². The number of hydrogen-bond acceptors (Lipinski definition) is 9. The summed E-state index contributed by atoms with van der Waals surface area (Å²) in [7, 11) is -4.13. The summed E-state index contributed by atoms with van der Waals surface area (Å²) in [5.74, 6) is -0.503. The molecule has 1 saturated carbocycles. The summed E-state index contributed by atoms with van der Waals surface area (Å²) in [6, 6.07) is 10.5. The summed E-state index contributed by atoms with van der Waals surface area (Å²) in [4.78, 5) is 30.6. The van der Waals surface area contributed by atoms with Gasteiger partial charge in [0.2, 0.25) is 10.0 Å². The van der Waals surface area contributed by atoms with E-state index in [9.17, 15) is 26.8 Å². The van der Waals surface area contributed by atoms with E-state index in [4.69, 9.17) is 37.4 Å². The fourth-order valence-corrected chi connectivity index (χ4v) is 6.49. The highest BCUT2D eigenvalue weighted by Crippen LogP contribution is 2.38. The lowest BCUT2D eigenvalue weighted by Crippen LogP contribution is -2.40. The number of sulfonamides is 1. The van der Waals surface area contributed by atoms with E-state index in [1.165, 1.54) is 41.2 Å². The van der Waals surface area contributed by atoms with Gasteiger partial charge in [-0.05, 0) is 81.0 Å². The van der Waals surface area contributed by atoms with Crippen LogP contribution in [0.5, 0.6) is 11.5 Å². The molecule has 0 bridgehead atoms. The molecule has 5 rings (SSSR count). The molecular weight excluding hydrogens is 719 g/mol. The zero-order chi connectivity index (χ0) is 36.4. The first-order valence-electron chi connectivity index (χ1n) is 15.5. The van der Waals surface area contributed by atoms with Gasteiger partial charge in [-0.2, -0.15) is 13.1 Å². The number of hydrogen-bond donors (Lipinski definition) is 0. The van der Waals surface area contributed by atoms with E-state index < -0.39 is 40.4 Å². The van der Waals surface area contributed by atoms with Crippen LogP contribution in [0.25, 0.3) is 10.9 Å². The normalized spacial score (nSPS) is 14.0. The first kappa shape index (κ1) is 37.1. The molecule has 1 fully saturated rings. The summed E-state index contributed by atoms with van der Waals surface area (Å²) >= 11 is 12.8. The molecule has 2 heterocycles. The zero-order valence-corrected chi connectivity index (χ0v) is 29.9. The number of ether oxygens (including phenoxy) is 4. The smallest absolute Gasteiger partial charge is 0.428 e. The molecule has 2 aromatic carbocycles. The molecule has 16 heteroatoms. The van der Waals surface area contributed by atoms with Crippen molar-refractivity contribution in [3.05, 3.63) is 82.2 Å². The third-order valence-electron chi connectivity index (χ3n) is 7.54. The summed E-state index contributed by atoms with van der Waals surface area (Å²) in [6.45, 7) is 1.74. The van der Waals surface area contributed by atoms with Gasteiger partial charge in [-0.1, -0.05) is 35.3 Å². The van der Waals surface area contributed by atoms with Crippen LogP contribution in [-0.2, 0) is 37.3 Å². The molecule has 0 N–H and O–H groups in total. The second kappa shape index (κ2) is 15.0. The largest absolute Gasteiger partial charge is 0.489 e. The SMILES string of the molecule is CC(C)(C)OC(=O)N(c1cccc2c1ccn2CC(=O)OC(Cc1c(Cl)cncc1Cl)c1ccc(OC(F)F)c(OCC2CC2)c1)S(C)(=O)=O. The predicted molar refractivity (Wildman–Crippen MR) is 184 cm³/mol. The molecule has 1 aliphatic rings. The fourth-order valence-electron chi connectivity index (χ4n) is 5.14. The van der Waals surface area contributed by atoms with E-state index in [1.54, 1.807) is 45.2 Å². The van der Waals surface area contributed by atoms with Gasteiger partial charge in [0.05, 0.1) is 34.1 Å². The predicted octanol–water partition coefficient (Wildman–Crippen LogP) is 7.96. The van der Waals surface area contributed by atoms with Gasteiger partial charge < -0.3 is 23.5 Å². The maximum Gasteiger partial charge on any atom is 0.428 e. The number of alkyl halides is 2. The van der Waals surface area contributed by atoms with Gasteiger partial charge in [0.1, 0.15) is 18.2 Å². The Hall–Kier alpha value is -4.14. The summed E-state index contributed by atoms with van der Waals surface area (Å²) < 4.78 is 76.0. The molecule has 50 heavy (non-hydrogen) atoms. The number of amides is 1. The number of pyridine rings is 1. The van der Waals surface area contributed by atoms with Crippen LogP contribution in [0.3, 0.4) is 0 Å². The number of esters is 1. The Labute approximate surface area is 298 Å². The van der Waals surface area contributed by atoms with Crippen LogP contribution >= 0.6 is 23.2 Å². The fraction of sp³-hybridized carbons (Fsp3) is 0.382. The lowest BCUT2D eigenvalue weighted by atomic mass is 10.0. The Balaban J connectivity index is 1.46. The van der Waals surface area contributed by atoms with Crippen LogP contribution in [0, 0.1) is 5.92 Å². The molecule has 11 nitrogen and oxygen atoms in total. The van der Waals surface area contributed by atoms with Crippen molar-refractivity contribution in [1.82, 2.24) is 9.55 Å². The Morgan fingerprint density at radius 3 is 2.38 bits per heavy atom. The number of benzene rings is 2. The van der Waals surface area contributed by atoms with Crippen molar-refractivity contribution < 1.29 is 45.7 Å². The monoisotopic (exact) mass is 753 g/mol. The topological polar surface area (TPSA) is 126 Å². The summed E-state index contributed by atoms with van der Waals surface area (Å²) in [6.07, 6.45) is 5.06. The number of rotatable bonds is 13. The second-order valence-electron chi connectivity index (χ2n) is 12.8. The third-order valence-corrected chi connectivity index (χ3v) is 9.20. The van der Waals surface area contributed by atoms with Gasteiger partial charge in [0.25, 0.3) is 0 Å².